The molecule has 2 aromatic rings. The molecule has 0 radical (unpaired) electrons. The van der Waals surface area contributed by atoms with Crippen molar-refractivity contribution in [2.75, 3.05) is 12.4 Å². The Labute approximate surface area is 122 Å². The zero-order chi connectivity index (χ0) is 15.2. The fraction of sp³-hybridized carbons (Fsp3) is 0.125. The van der Waals surface area contributed by atoms with Crippen LogP contribution in [0, 0.1) is 17.1 Å². The zero-order valence-electron chi connectivity index (χ0n) is 11.5. The minimum absolute atomic E-state index is 0.00923. The van der Waals surface area contributed by atoms with Gasteiger partial charge in [-0.3, -0.25) is 4.79 Å². The highest BCUT2D eigenvalue weighted by Crippen LogP contribution is 2.15. The highest BCUT2D eigenvalue weighted by atomic mass is 19.1. The first kappa shape index (κ1) is 14.5. The highest BCUT2D eigenvalue weighted by Gasteiger charge is 2.04. The first-order valence-electron chi connectivity index (χ1n) is 6.38. The Balaban J connectivity index is 2.03. The average molecular weight is 283 g/mol. The minimum atomic E-state index is -0.530. The van der Waals surface area contributed by atoms with Crippen molar-refractivity contribution in [3.8, 4) is 6.07 Å². The summed E-state index contributed by atoms with van der Waals surface area (Å²) in [6, 6.07) is 13.3. The van der Waals surface area contributed by atoms with Crippen LogP contribution >= 0.6 is 0 Å². The van der Waals surface area contributed by atoms with Gasteiger partial charge in [-0.1, -0.05) is 12.1 Å². The monoisotopic (exact) mass is 283 g/mol. The fourth-order valence-electron chi connectivity index (χ4n) is 1.84. The number of hydrogen-bond acceptors (Lipinski definition) is 3. The predicted molar refractivity (Wildman–Crippen MR) is 78.3 cm³/mol. The van der Waals surface area contributed by atoms with Gasteiger partial charge in [-0.2, -0.15) is 5.26 Å². The van der Waals surface area contributed by atoms with Crippen LogP contribution in [0.2, 0.25) is 0 Å². The number of nitriles is 1. The molecule has 2 rings (SSSR count). The Hall–Kier alpha value is -2.87. The molecule has 0 saturated heterocycles. The molecule has 1 amide bonds. The van der Waals surface area contributed by atoms with E-state index in [1.165, 1.54) is 12.1 Å². The van der Waals surface area contributed by atoms with E-state index in [1.807, 2.05) is 12.1 Å². The zero-order valence-corrected chi connectivity index (χ0v) is 11.5. The quantitative estimate of drug-likeness (QED) is 0.906. The number of halogens is 1. The van der Waals surface area contributed by atoms with Gasteiger partial charge in [0.1, 0.15) is 11.9 Å². The van der Waals surface area contributed by atoms with Crippen LogP contribution < -0.4 is 10.6 Å². The second kappa shape index (κ2) is 6.53. The van der Waals surface area contributed by atoms with Crippen molar-refractivity contribution in [3.63, 3.8) is 0 Å². The molecule has 0 saturated carbocycles. The summed E-state index contributed by atoms with van der Waals surface area (Å²) >= 11 is 0. The van der Waals surface area contributed by atoms with E-state index >= 15 is 0 Å². The van der Waals surface area contributed by atoms with Gasteiger partial charge in [0.2, 0.25) is 0 Å². The second-order valence-electron chi connectivity index (χ2n) is 4.44. The SMILES string of the molecule is CNC(=O)c1ccc(CNc2ccc(F)c(C#N)c2)cc1. The van der Waals surface area contributed by atoms with Crippen LogP contribution in [-0.2, 0) is 6.54 Å². The van der Waals surface area contributed by atoms with Crippen molar-refractivity contribution in [2.45, 2.75) is 6.54 Å². The fourth-order valence-corrected chi connectivity index (χ4v) is 1.84. The first-order valence-corrected chi connectivity index (χ1v) is 6.38. The van der Waals surface area contributed by atoms with Crippen LogP contribution in [-0.4, -0.2) is 13.0 Å². The van der Waals surface area contributed by atoms with Crippen LogP contribution in [0.15, 0.2) is 42.5 Å². The van der Waals surface area contributed by atoms with Crippen molar-refractivity contribution >= 4 is 11.6 Å². The molecule has 0 aliphatic carbocycles. The third-order valence-corrected chi connectivity index (χ3v) is 3.03. The van der Waals surface area contributed by atoms with E-state index in [0.717, 1.165) is 5.56 Å². The lowest BCUT2D eigenvalue weighted by molar-refractivity contribution is 0.0963. The van der Waals surface area contributed by atoms with Gasteiger partial charge in [0.25, 0.3) is 5.91 Å². The number of anilines is 1. The number of benzene rings is 2. The van der Waals surface area contributed by atoms with Crippen LogP contribution in [0.25, 0.3) is 0 Å². The van der Waals surface area contributed by atoms with E-state index in [1.54, 1.807) is 31.3 Å². The summed E-state index contributed by atoms with van der Waals surface area (Å²) in [5.41, 5.74) is 2.25. The maximum atomic E-state index is 13.2. The third-order valence-electron chi connectivity index (χ3n) is 3.03. The van der Waals surface area contributed by atoms with Gasteiger partial charge >= 0.3 is 0 Å². The van der Waals surface area contributed by atoms with E-state index in [4.69, 9.17) is 5.26 Å². The summed E-state index contributed by atoms with van der Waals surface area (Å²) in [5, 5.41) is 14.4. The molecule has 5 heteroatoms. The first-order chi connectivity index (χ1) is 10.1. The lowest BCUT2D eigenvalue weighted by Gasteiger charge is -2.08. The molecule has 2 N–H and O–H groups in total. The number of nitrogens with one attached hydrogen (secondary N) is 2. The van der Waals surface area contributed by atoms with Gasteiger partial charge < -0.3 is 10.6 Å². The van der Waals surface area contributed by atoms with Gasteiger partial charge in [0, 0.05) is 24.8 Å². The van der Waals surface area contributed by atoms with E-state index in [9.17, 15) is 9.18 Å². The molecule has 106 valence electrons. The minimum Gasteiger partial charge on any atom is -0.381 e. The van der Waals surface area contributed by atoms with Crippen LogP contribution in [0.1, 0.15) is 21.5 Å². The molecular weight excluding hydrogens is 269 g/mol. The Kier molecular flexibility index (Phi) is 4.52. The van der Waals surface area contributed by atoms with Gasteiger partial charge in [-0.15, -0.1) is 0 Å². The molecule has 0 atom stereocenters. The topological polar surface area (TPSA) is 64.9 Å². The number of nitrogens with zero attached hydrogens (tertiary/aromatic N) is 1. The summed E-state index contributed by atoms with van der Waals surface area (Å²) in [7, 11) is 1.58. The summed E-state index contributed by atoms with van der Waals surface area (Å²) in [4.78, 5) is 11.4. The average Bonchev–Trinajstić information content (AvgIpc) is 2.53. The molecule has 0 unspecified atom stereocenters. The number of rotatable bonds is 4. The number of amides is 1. The van der Waals surface area contributed by atoms with Gasteiger partial charge in [0.05, 0.1) is 5.56 Å². The van der Waals surface area contributed by atoms with Gasteiger partial charge in [0.15, 0.2) is 0 Å². The van der Waals surface area contributed by atoms with Crippen LogP contribution in [0.3, 0.4) is 0 Å². The van der Waals surface area contributed by atoms with Gasteiger partial charge in [-0.25, -0.2) is 4.39 Å². The molecular formula is C16H14FN3O. The molecule has 0 bridgehead atoms. The van der Waals surface area contributed by atoms with Crippen molar-refractivity contribution in [1.82, 2.24) is 5.32 Å². The van der Waals surface area contributed by atoms with Crippen molar-refractivity contribution in [1.29, 1.82) is 5.26 Å². The molecule has 0 aromatic heterocycles. The predicted octanol–water partition coefficient (Wildman–Crippen LogP) is 2.67. The largest absolute Gasteiger partial charge is 0.381 e. The van der Waals surface area contributed by atoms with Crippen molar-refractivity contribution in [2.24, 2.45) is 0 Å². The van der Waals surface area contributed by atoms with E-state index < -0.39 is 5.82 Å². The van der Waals surface area contributed by atoms with E-state index in [0.29, 0.717) is 17.8 Å². The normalized spacial score (nSPS) is 9.76. The summed E-state index contributed by atoms with van der Waals surface area (Å²) in [6.07, 6.45) is 0. The summed E-state index contributed by atoms with van der Waals surface area (Å²) < 4.78 is 13.2. The molecule has 0 heterocycles. The van der Waals surface area contributed by atoms with E-state index in [2.05, 4.69) is 10.6 Å². The Bertz CT molecular complexity index is 690. The second-order valence-corrected chi connectivity index (χ2v) is 4.44. The maximum Gasteiger partial charge on any atom is 0.251 e. The Morgan fingerprint density at radius 2 is 1.95 bits per heavy atom. The Morgan fingerprint density at radius 1 is 1.24 bits per heavy atom. The Morgan fingerprint density at radius 3 is 2.57 bits per heavy atom. The van der Waals surface area contributed by atoms with Crippen LogP contribution in [0.4, 0.5) is 10.1 Å². The number of hydrogen-bond donors (Lipinski definition) is 2. The van der Waals surface area contributed by atoms with Crippen molar-refractivity contribution < 1.29 is 9.18 Å². The third kappa shape index (κ3) is 3.57. The molecule has 0 aliphatic rings. The van der Waals surface area contributed by atoms with E-state index in [-0.39, 0.29) is 11.5 Å². The molecule has 2 aromatic carbocycles. The smallest absolute Gasteiger partial charge is 0.251 e. The lowest BCUT2D eigenvalue weighted by atomic mass is 10.1. The molecule has 0 spiro atoms. The lowest BCUT2D eigenvalue weighted by Crippen LogP contribution is -2.17. The molecule has 4 nitrogen and oxygen atoms in total. The highest BCUT2D eigenvalue weighted by molar-refractivity contribution is 5.93. The standard InChI is InChI=1S/C16H14FN3O/c1-19-16(21)12-4-2-11(3-5-12)10-20-14-6-7-15(17)13(8-14)9-18/h2-8,20H,10H2,1H3,(H,19,21). The summed E-state index contributed by atoms with van der Waals surface area (Å²) in [5.74, 6) is -0.662. The van der Waals surface area contributed by atoms with Gasteiger partial charge in [-0.05, 0) is 35.9 Å². The molecule has 0 aliphatic heterocycles. The summed E-state index contributed by atoms with van der Waals surface area (Å²) in [6.45, 7) is 0.518. The molecule has 0 fully saturated rings. The maximum absolute atomic E-state index is 13.2. The number of carbonyl (C=O) groups excluding carboxylic acids is 1. The van der Waals surface area contributed by atoms with Crippen molar-refractivity contribution in [3.05, 3.63) is 65.0 Å². The van der Waals surface area contributed by atoms with Crippen LogP contribution in [0.5, 0.6) is 0 Å². The number of carbonyl (C=O) groups is 1. The molecule has 21 heavy (non-hydrogen) atoms.